The predicted molar refractivity (Wildman–Crippen MR) is 110 cm³/mol. The molecule has 0 atom stereocenters. The molecule has 1 amide bonds. The number of benzene rings is 1. The van der Waals surface area contributed by atoms with Gasteiger partial charge in [-0.1, -0.05) is 44.2 Å². The standard InChI is InChI=1S/C21H20N6O2/c1-14(2)20-25-27(12-19(28)24-18-8-9-22-13-23-18)21(29)17-10-16(11-26(17)20)15-6-4-3-5-7-15/h3-11,13-14H,12H2,1-2H3,(H,22,23,24,28). The van der Waals surface area contributed by atoms with Crippen molar-refractivity contribution in [2.45, 2.75) is 26.3 Å². The topological polar surface area (TPSA) is 94.2 Å². The number of carbonyl (C=O) groups excluding carboxylic acids is 1. The predicted octanol–water partition coefficient (Wildman–Crippen LogP) is 2.72. The van der Waals surface area contributed by atoms with Crippen LogP contribution in [0.3, 0.4) is 0 Å². The second-order valence-corrected chi connectivity index (χ2v) is 6.97. The average Bonchev–Trinajstić information content (AvgIpc) is 3.17. The molecule has 146 valence electrons. The lowest BCUT2D eigenvalue weighted by molar-refractivity contribution is -0.117. The van der Waals surface area contributed by atoms with E-state index in [9.17, 15) is 9.59 Å². The number of hydrogen-bond donors (Lipinski definition) is 1. The summed E-state index contributed by atoms with van der Waals surface area (Å²) in [4.78, 5) is 33.2. The first-order valence-corrected chi connectivity index (χ1v) is 9.27. The van der Waals surface area contributed by atoms with E-state index in [0.717, 1.165) is 11.1 Å². The molecule has 0 fully saturated rings. The maximum absolute atomic E-state index is 13.0. The number of rotatable bonds is 5. The molecular formula is C21H20N6O2. The number of amides is 1. The minimum absolute atomic E-state index is 0.0605. The van der Waals surface area contributed by atoms with Gasteiger partial charge in [-0.25, -0.2) is 14.6 Å². The lowest BCUT2D eigenvalue weighted by Crippen LogP contribution is -2.32. The second-order valence-electron chi connectivity index (χ2n) is 6.97. The Morgan fingerprint density at radius 2 is 1.93 bits per heavy atom. The summed E-state index contributed by atoms with van der Waals surface area (Å²) in [5.74, 6) is 0.756. The molecule has 0 unspecified atom stereocenters. The Balaban J connectivity index is 1.74. The van der Waals surface area contributed by atoms with E-state index in [2.05, 4.69) is 20.4 Å². The fourth-order valence-corrected chi connectivity index (χ4v) is 3.14. The lowest BCUT2D eigenvalue weighted by atomic mass is 10.1. The van der Waals surface area contributed by atoms with Crippen molar-refractivity contribution >= 4 is 17.2 Å². The van der Waals surface area contributed by atoms with Gasteiger partial charge in [-0.15, -0.1) is 0 Å². The van der Waals surface area contributed by atoms with Gasteiger partial charge in [0, 0.05) is 23.9 Å². The van der Waals surface area contributed by atoms with Crippen molar-refractivity contribution < 1.29 is 4.79 Å². The fourth-order valence-electron chi connectivity index (χ4n) is 3.14. The van der Waals surface area contributed by atoms with E-state index >= 15 is 0 Å². The number of nitrogens with zero attached hydrogens (tertiary/aromatic N) is 5. The molecule has 4 aromatic rings. The van der Waals surface area contributed by atoms with Crippen LogP contribution in [0.1, 0.15) is 25.6 Å². The smallest absolute Gasteiger partial charge is 0.291 e. The van der Waals surface area contributed by atoms with E-state index in [-0.39, 0.29) is 23.9 Å². The van der Waals surface area contributed by atoms with Gasteiger partial charge in [0.2, 0.25) is 5.91 Å². The van der Waals surface area contributed by atoms with Gasteiger partial charge in [-0.3, -0.25) is 14.0 Å². The van der Waals surface area contributed by atoms with Crippen LogP contribution < -0.4 is 10.9 Å². The summed E-state index contributed by atoms with van der Waals surface area (Å²) in [6, 6.07) is 13.3. The van der Waals surface area contributed by atoms with Crippen molar-refractivity contribution in [3.63, 3.8) is 0 Å². The Hall–Kier alpha value is -3.81. The number of hydrogen-bond acceptors (Lipinski definition) is 5. The van der Waals surface area contributed by atoms with Crippen LogP contribution in [0.25, 0.3) is 16.6 Å². The van der Waals surface area contributed by atoms with Crippen molar-refractivity contribution in [1.29, 1.82) is 0 Å². The van der Waals surface area contributed by atoms with Gasteiger partial charge < -0.3 is 5.32 Å². The summed E-state index contributed by atoms with van der Waals surface area (Å²) in [5.41, 5.74) is 2.10. The van der Waals surface area contributed by atoms with Crippen LogP contribution in [0.15, 0.2) is 66.0 Å². The van der Waals surface area contributed by atoms with Crippen LogP contribution in [-0.4, -0.2) is 30.1 Å². The Kier molecular flexibility index (Phi) is 4.90. The average molecular weight is 388 g/mol. The third-order valence-electron chi connectivity index (χ3n) is 4.51. The number of fused-ring (bicyclic) bond motifs is 1. The molecule has 0 bridgehead atoms. The quantitative estimate of drug-likeness (QED) is 0.567. The molecule has 4 rings (SSSR count). The van der Waals surface area contributed by atoms with Gasteiger partial charge in [0.05, 0.1) is 0 Å². The molecule has 0 saturated heterocycles. The van der Waals surface area contributed by atoms with Gasteiger partial charge in [0.15, 0.2) is 0 Å². The van der Waals surface area contributed by atoms with Crippen LogP contribution in [-0.2, 0) is 11.3 Å². The van der Waals surface area contributed by atoms with Crippen LogP contribution >= 0.6 is 0 Å². The molecule has 8 nitrogen and oxygen atoms in total. The normalized spacial score (nSPS) is 11.1. The molecule has 0 aliphatic carbocycles. The van der Waals surface area contributed by atoms with E-state index in [1.165, 1.54) is 17.2 Å². The zero-order valence-corrected chi connectivity index (χ0v) is 16.1. The molecule has 0 aliphatic heterocycles. The van der Waals surface area contributed by atoms with Gasteiger partial charge in [0.25, 0.3) is 5.56 Å². The van der Waals surface area contributed by atoms with Gasteiger partial charge in [-0.2, -0.15) is 5.10 Å². The zero-order chi connectivity index (χ0) is 20.4. The number of nitrogens with one attached hydrogen (secondary N) is 1. The minimum atomic E-state index is -0.382. The molecule has 0 saturated carbocycles. The first-order valence-electron chi connectivity index (χ1n) is 9.27. The molecule has 0 aliphatic rings. The third-order valence-corrected chi connectivity index (χ3v) is 4.51. The SMILES string of the molecule is CC(C)c1nn(CC(=O)Nc2ccncn2)c(=O)c2cc(-c3ccccc3)cn12. The molecule has 3 aromatic heterocycles. The van der Waals surface area contributed by atoms with Gasteiger partial charge >= 0.3 is 0 Å². The van der Waals surface area contributed by atoms with Crippen LogP contribution in [0.4, 0.5) is 5.82 Å². The monoisotopic (exact) mass is 388 g/mol. The van der Waals surface area contributed by atoms with Crippen molar-refractivity contribution in [2.75, 3.05) is 5.32 Å². The maximum atomic E-state index is 13.0. The van der Waals surface area contributed by atoms with E-state index in [0.29, 0.717) is 17.2 Å². The van der Waals surface area contributed by atoms with Crippen LogP contribution in [0, 0.1) is 0 Å². The first kappa shape index (κ1) is 18.5. The van der Waals surface area contributed by atoms with Gasteiger partial charge in [-0.05, 0) is 17.7 Å². The van der Waals surface area contributed by atoms with E-state index < -0.39 is 0 Å². The Bertz CT molecular complexity index is 1210. The summed E-state index contributed by atoms with van der Waals surface area (Å²) in [7, 11) is 0. The number of anilines is 1. The highest BCUT2D eigenvalue weighted by molar-refractivity contribution is 5.89. The number of aromatic nitrogens is 5. The Labute approximate surface area is 166 Å². The molecule has 0 radical (unpaired) electrons. The van der Waals surface area contributed by atoms with Crippen molar-refractivity contribution in [3.05, 3.63) is 77.4 Å². The van der Waals surface area contributed by atoms with Crippen LogP contribution in [0.5, 0.6) is 0 Å². The van der Waals surface area contributed by atoms with Crippen molar-refractivity contribution in [3.8, 4) is 11.1 Å². The molecule has 3 heterocycles. The Morgan fingerprint density at radius 3 is 2.62 bits per heavy atom. The molecule has 1 N–H and O–H groups in total. The zero-order valence-electron chi connectivity index (χ0n) is 16.1. The number of carbonyl (C=O) groups is 1. The first-order chi connectivity index (χ1) is 14.0. The molecule has 29 heavy (non-hydrogen) atoms. The van der Waals surface area contributed by atoms with Crippen molar-refractivity contribution in [1.82, 2.24) is 24.1 Å². The second kappa shape index (κ2) is 7.67. The highest BCUT2D eigenvalue weighted by Crippen LogP contribution is 2.23. The molecular weight excluding hydrogens is 368 g/mol. The molecule has 1 aromatic carbocycles. The summed E-state index contributed by atoms with van der Waals surface area (Å²) in [6.07, 6.45) is 4.79. The van der Waals surface area contributed by atoms with Crippen LogP contribution in [0.2, 0.25) is 0 Å². The summed E-state index contributed by atoms with van der Waals surface area (Å²) < 4.78 is 3.02. The van der Waals surface area contributed by atoms with E-state index in [4.69, 9.17) is 0 Å². The third kappa shape index (κ3) is 3.77. The van der Waals surface area contributed by atoms with Gasteiger partial charge in [0.1, 0.15) is 30.0 Å². The summed E-state index contributed by atoms with van der Waals surface area (Å²) in [5, 5.41) is 7.11. The lowest BCUT2D eigenvalue weighted by Gasteiger charge is -2.12. The van der Waals surface area contributed by atoms with E-state index in [1.54, 1.807) is 6.07 Å². The fraction of sp³-hybridized carbons (Fsp3) is 0.190. The summed E-state index contributed by atoms with van der Waals surface area (Å²) >= 11 is 0. The van der Waals surface area contributed by atoms with Crippen molar-refractivity contribution in [2.24, 2.45) is 0 Å². The molecule has 8 heteroatoms. The minimum Gasteiger partial charge on any atom is -0.309 e. The Morgan fingerprint density at radius 1 is 1.14 bits per heavy atom. The largest absolute Gasteiger partial charge is 0.309 e. The summed E-state index contributed by atoms with van der Waals surface area (Å²) in [6.45, 7) is 3.80. The maximum Gasteiger partial charge on any atom is 0.291 e. The van der Waals surface area contributed by atoms with E-state index in [1.807, 2.05) is 60.8 Å². The highest BCUT2D eigenvalue weighted by atomic mass is 16.2. The highest BCUT2D eigenvalue weighted by Gasteiger charge is 2.17. The molecule has 0 spiro atoms.